The smallest absolute Gasteiger partial charge is 0.141 e. The number of halogens is 2. The number of hydrogen-bond donors (Lipinski definition) is 1. The van der Waals surface area contributed by atoms with Gasteiger partial charge < -0.3 is 5.11 Å². The summed E-state index contributed by atoms with van der Waals surface area (Å²) in [6, 6.07) is 11.3. The first-order valence-corrected chi connectivity index (χ1v) is 5.88. The second-order valence-corrected chi connectivity index (χ2v) is 4.63. The van der Waals surface area contributed by atoms with E-state index in [1.807, 2.05) is 22.6 Å². The van der Waals surface area contributed by atoms with Gasteiger partial charge in [0.2, 0.25) is 0 Å². The zero-order valence-corrected chi connectivity index (χ0v) is 10.8. The lowest BCUT2D eigenvalue weighted by Crippen LogP contribution is -1.86. The van der Waals surface area contributed by atoms with Crippen LogP contribution in [0.4, 0.5) is 4.39 Å². The van der Waals surface area contributed by atoms with Crippen molar-refractivity contribution in [3.05, 3.63) is 51.3 Å². The molecular formula is C13H7FINO. The van der Waals surface area contributed by atoms with Gasteiger partial charge in [-0.05, 0) is 58.0 Å². The monoisotopic (exact) mass is 339 g/mol. The Kier molecular flexibility index (Phi) is 3.29. The lowest BCUT2D eigenvalue weighted by molar-refractivity contribution is 0.471. The Morgan fingerprint density at radius 2 is 1.76 bits per heavy atom. The average molecular weight is 339 g/mol. The summed E-state index contributed by atoms with van der Waals surface area (Å²) in [5.41, 5.74) is 1.51. The first-order chi connectivity index (χ1) is 8.11. The number of phenolic OH excluding ortho intramolecular Hbond substituents is 1. The van der Waals surface area contributed by atoms with Crippen molar-refractivity contribution in [3.8, 4) is 22.9 Å². The topological polar surface area (TPSA) is 44.0 Å². The lowest BCUT2D eigenvalue weighted by Gasteiger charge is -2.04. The van der Waals surface area contributed by atoms with E-state index in [9.17, 15) is 9.50 Å². The Balaban J connectivity index is 2.50. The molecule has 0 amide bonds. The molecule has 2 aromatic carbocycles. The van der Waals surface area contributed by atoms with Crippen LogP contribution in [-0.2, 0) is 0 Å². The lowest BCUT2D eigenvalue weighted by atomic mass is 10.0. The predicted molar refractivity (Wildman–Crippen MR) is 70.9 cm³/mol. The largest absolute Gasteiger partial charge is 0.507 e. The maximum atomic E-state index is 13.4. The van der Waals surface area contributed by atoms with Crippen LogP contribution in [0.1, 0.15) is 5.56 Å². The summed E-state index contributed by atoms with van der Waals surface area (Å²) in [6.07, 6.45) is 0. The summed E-state index contributed by atoms with van der Waals surface area (Å²) >= 11 is 2.00. The first kappa shape index (κ1) is 11.9. The molecule has 0 aliphatic carbocycles. The predicted octanol–water partition coefficient (Wildman–Crippen LogP) is 3.67. The number of aromatic hydroxyl groups is 1. The van der Waals surface area contributed by atoms with Crippen LogP contribution in [0.3, 0.4) is 0 Å². The van der Waals surface area contributed by atoms with Crippen LogP contribution in [0.15, 0.2) is 36.4 Å². The summed E-state index contributed by atoms with van der Waals surface area (Å²) in [5.74, 6) is -0.337. The number of nitrogens with zero attached hydrogens (tertiary/aromatic N) is 1. The highest BCUT2D eigenvalue weighted by Gasteiger charge is 2.06. The van der Waals surface area contributed by atoms with Crippen molar-refractivity contribution in [1.82, 2.24) is 0 Å². The number of hydrogen-bond acceptors (Lipinski definition) is 2. The number of rotatable bonds is 1. The molecule has 2 nitrogen and oxygen atoms in total. The van der Waals surface area contributed by atoms with Gasteiger partial charge in [-0.15, -0.1) is 0 Å². The van der Waals surface area contributed by atoms with Crippen LogP contribution in [0.25, 0.3) is 11.1 Å². The highest BCUT2D eigenvalue weighted by molar-refractivity contribution is 14.1. The van der Waals surface area contributed by atoms with Crippen LogP contribution in [-0.4, -0.2) is 5.11 Å². The minimum absolute atomic E-state index is 0.0298. The van der Waals surface area contributed by atoms with Crippen molar-refractivity contribution in [1.29, 1.82) is 5.26 Å². The Bertz CT molecular complexity index is 619. The molecule has 0 aliphatic rings. The summed E-state index contributed by atoms with van der Waals surface area (Å²) in [4.78, 5) is 0. The third kappa shape index (κ3) is 2.39. The second kappa shape index (κ2) is 4.72. The molecule has 0 aromatic heterocycles. The Labute approximate surface area is 111 Å². The molecule has 1 N–H and O–H groups in total. The van der Waals surface area contributed by atoms with E-state index in [1.54, 1.807) is 30.3 Å². The van der Waals surface area contributed by atoms with Crippen molar-refractivity contribution < 1.29 is 9.50 Å². The molecule has 0 saturated heterocycles. The van der Waals surface area contributed by atoms with E-state index in [4.69, 9.17) is 5.26 Å². The average Bonchev–Trinajstić information content (AvgIpc) is 2.32. The van der Waals surface area contributed by atoms with E-state index in [0.717, 1.165) is 5.56 Å². The minimum Gasteiger partial charge on any atom is -0.507 e. The summed E-state index contributed by atoms with van der Waals surface area (Å²) in [7, 11) is 0. The van der Waals surface area contributed by atoms with Gasteiger partial charge in [0.05, 0.1) is 9.13 Å². The SMILES string of the molecule is N#Cc1ccc(-c2ccc(O)c(I)c2)cc1F. The molecule has 0 fully saturated rings. The van der Waals surface area contributed by atoms with Crippen LogP contribution >= 0.6 is 22.6 Å². The first-order valence-electron chi connectivity index (χ1n) is 4.80. The molecule has 4 heteroatoms. The normalized spacial score (nSPS) is 9.94. The third-order valence-corrected chi connectivity index (χ3v) is 3.23. The molecule has 0 unspecified atom stereocenters. The Morgan fingerprint density at radius 3 is 2.35 bits per heavy atom. The molecule has 2 aromatic rings. The van der Waals surface area contributed by atoms with Gasteiger partial charge in [-0.25, -0.2) is 4.39 Å². The van der Waals surface area contributed by atoms with Crippen molar-refractivity contribution in [2.75, 3.05) is 0 Å². The molecular weight excluding hydrogens is 332 g/mol. The Morgan fingerprint density at radius 1 is 1.12 bits per heavy atom. The minimum atomic E-state index is -0.534. The molecule has 0 aliphatic heterocycles. The zero-order valence-electron chi connectivity index (χ0n) is 8.61. The second-order valence-electron chi connectivity index (χ2n) is 3.47. The van der Waals surface area contributed by atoms with Gasteiger partial charge in [0.1, 0.15) is 17.6 Å². The molecule has 0 atom stereocenters. The van der Waals surface area contributed by atoms with E-state index >= 15 is 0 Å². The summed E-state index contributed by atoms with van der Waals surface area (Å²) in [6.45, 7) is 0. The molecule has 17 heavy (non-hydrogen) atoms. The molecule has 0 radical (unpaired) electrons. The quantitative estimate of drug-likeness (QED) is 0.806. The van der Waals surface area contributed by atoms with Crippen LogP contribution in [0.5, 0.6) is 5.75 Å². The van der Waals surface area contributed by atoms with Crippen LogP contribution < -0.4 is 0 Å². The molecule has 0 saturated carbocycles. The maximum absolute atomic E-state index is 13.4. The Hall–Kier alpha value is -1.61. The van der Waals surface area contributed by atoms with Gasteiger partial charge in [-0.1, -0.05) is 12.1 Å². The number of phenols is 1. The van der Waals surface area contributed by atoms with Crippen LogP contribution in [0.2, 0.25) is 0 Å². The van der Waals surface area contributed by atoms with E-state index in [-0.39, 0.29) is 11.3 Å². The van der Waals surface area contributed by atoms with E-state index in [2.05, 4.69) is 0 Å². The van der Waals surface area contributed by atoms with Crippen molar-refractivity contribution in [2.24, 2.45) is 0 Å². The molecule has 0 bridgehead atoms. The summed E-state index contributed by atoms with van der Waals surface area (Å²) < 4.78 is 14.1. The molecule has 0 spiro atoms. The van der Waals surface area contributed by atoms with E-state index < -0.39 is 5.82 Å². The third-order valence-electron chi connectivity index (χ3n) is 2.37. The fourth-order valence-corrected chi connectivity index (χ4v) is 1.99. The fourth-order valence-electron chi connectivity index (χ4n) is 1.47. The van der Waals surface area contributed by atoms with Gasteiger partial charge in [0.25, 0.3) is 0 Å². The summed E-state index contributed by atoms with van der Waals surface area (Å²) in [5, 5.41) is 18.0. The van der Waals surface area contributed by atoms with Crippen LogP contribution in [0, 0.1) is 20.7 Å². The molecule has 2 rings (SSSR count). The van der Waals surface area contributed by atoms with Gasteiger partial charge >= 0.3 is 0 Å². The van der Waals surface area contributed by atoms with E-state index in [0.29, 0.717) is 9.13 Å². The van der Waals surface area contributed by atoms with E-state index in [1.165, 1.54) is 12.1 Å². The number of benzene rings is 2. The fraction of sp³-hybridized carbons (Fsp3) is 0. The van der Waals surface area contributed by atoms with Gasteiger partial charge in [0, 0.05) is 0 Å². The molecule has 0 heterocycles. The zero-order chi connectivity index (χ0) is 12.4. The van der Waals surface area contributed by atoms with Gasteiger partial charge in [-0.2, -0.15) is 5.26 Å². The van der Waals surface area contributed by atoms with Crippen molar-refractivity contribution in [2.45, 2.75) is 0 Å². The number of nitriles is 1. The highest BCUT2D eigenvalue weighted by atomic mass is 127. The highest BCUT2D eigenvalue weighted by Crippen LogP contribution is 2.27. The van der Waals surface area contributed by atoms with Crippen molar-refractivity contribution in [3.63, 3.8) is 0 Å². The van der Waals surface area contributed by atoms with Gasteiger partial charge in [0.15, 0.2) is 0 Å². The standard InChI is InChI=1S/C13H7FINO/c14-11-5-8(1-2-10(11)7-16)9-3-4-13(17)12(15)6-9/h1-6,17H. The maximum Gasteiger partial charge on any atom is 0.141 e. The van der Waals surface area contributed by atoms with Crippen molar-refractivity contribution >= 4 is 22.6 Å². The van der Waals surface area contributed by atoms with Gasteiger partial charge in [-0.3, -0.25) is 0 Å². The molecule has 84 valence electrons.